The van der Waals surface area contributed by atoms with Crippen LogP contribution in [0.3, 0.4) is 0 Å². The van der Waals surface area contributed by atoms with Crippen LogP contribution in [0.25, 0.3) is 0 Å². The molecule has 0 saturated carbocycles. The summed E-state index contributed by atoms with van der Waals surface area (Å²) < 4.78 is 11.0. The summed E-state index contributed by atoms with van der Waals surface area (Å²) in [6.07, 6.45) is 6.92. The molecule has 0 aromatic heterocycles. The lowest BCUT2D eigenvalue weighted by molar-refractivity contribution is 0.117. The van der Waals surface area contributed by atoms with Crippen molar-refractivity contribution < 1.29 is 14.3 Å². The van der Waals surface area contributed by atoms with Crippen molar-refractivity contribution in [3.63, 3.8) is 0 Å². The number of rotatable bonds is 10. The van der Waals surface area contributed by atoms with E-state index < -0.39 is 6.09 Å². The quantitative estimate of drug-likeness (QED) is 0.586. The number of benzene rings is 1. The summed E-state index contributed by atoms with van der Waals surface area (Å²) in [5.41, 5.74) is 1.81. The maximum absolute atomic E-state index is 11.9. The third kappa shape index (κ3) is 9.41. The van der Waals surface area contributed by atoms with Crippen LogP contribution in [0.1, 0.15) is 51.0 Å². The van der Waals surface area contributed by atoms with Gasteiger partial charge in [0, 0.05) is 18.8 Å². The van der Waals surface area contributed by atoms with Crippen LogP contribution in [0.15, 0.2) is 24.3 Å². The Balaban J connectivity index is 0.00000338. The minimum absolute atomic E-state index is 0. The average Bonchev–Trinajstić information content (AvgIpc) is 2.63. The maximum atomic E-state index is 11.9. The first-order valence-corrected chi connectivity index (χ1v) is 9.60. The van der Waals surface area contributed by atoms with E-state index in [1.54, 1.807) is 0 Å². The Hall–Kier alpha value is -1.30. The Labute approximate surface area is 163 Å². The molecule has 1 aliphatic heterocycles. The smallest absolute Gasteiger partial charge is 0.411 e. The van der Waals surface area contributed by atoms with Gasteiger partial charge in [-0.2, -0.15) is 0 Å². The van der Waals surface area contributed by atoms with Gasteiger partial charge in [0.05, 0.1) is 6.61 Å². The molecular weight excluding hydrogens is 352 g/mol. The van der Waals surface area contributed by atoms with Gasteiger partial charge >= 0.3 is 6.09 Å². The van der Waals surface area contributed by atoms with Crippen LogP contribution in [0.2, 0.25) is 0 Å². The van der Waals surface area contributed by atoms with Crippen LogP contribution in [0, 0.1) is 0 Å². The predicted molar refractivity (Wildman–Crippen MR) is 108 cm³/mol. The summed E-state index contributed by atoms with van der Waals surface area (Å²) in [5.74, 6) is 0. The molecule has 0 bridgehead atoms. The highest BCUT2D eigenvalue weighted by Gasteiger charge is 2.10. The molecule has 1 fully saturated rings. The van der Waals surface area contributed by atoms with Crippen molar-refractivity contribution in [1.82, 2.24) is 4.90 Å². The number of carbonyl (C=O) groups is 1. The highest BCUT2D eigenvalue weighted by atomic mass is 35.5. The molecule has 1 N–H and O–H groups in total. The first kappa shape index (κ1) is 22.7. The van der Waals surface area contributed by atoms with E-state index in [1.165, 1.54) is 32.1 Å². The van der Waals surface area contributed by atoms with Gasteiger partial charge in [-0.05, 0) is 50.0 Å². The highest BCUT2D eigenvalue weighted by Crippen LogP contribution is 2.13. The third-order valence-corrected chi connectivity index (χ3v) is 4.42. The Kier molecular flexibility index (Phi) is 12.1. The summed E-state index contributed by atoms with van der Waals surface area (Å²) in [5, 5.41) is 2.80. The van der Waals surface area contributed by atoms with Crippen LogP contribution in [0.5, 0.6) is 0 Å². The standard InChI is InChI=1S/C20H32N2O3.ClH/c1-2-3-7-14-24-17-18-9-8-10-19(16-18)21-20(23)25-15-13-22-11-5-4-6-12-22;/h8-10,16H,2-7,11-15,17H2,1H3,(H,21,23);1H. The van der Waals surface area contributed by atoms with Gasteiger partial charge in [0.2, 0.25) is 0 Å². The Bertz CT molecular complexity index is 508. The SMILES string of the molecule is CCCCCOCc1cccc(NC(=O)OCCN2CCCCC2)c1.Cl. The highest BCUT2D eigenvalue weighted by molar-refractivity contribution is 5.85. The molecule has 0 unspecified atom stereocenters. The Morgan fingerprint density at radius 2 is 1.96 bits per heavy atom. The first-order chi connectivity index (χ1) is 12.3. The number of hydrogen-bond donors (Lipinski definition) is 1. The molecule has 6 heteroatoms. The molecule has 1 heterocycles. The summed E-state index contributed by atoms with van der Waals surface area (Å²) in [7, 11) is 0. The van der Waals surface area contributed by atoms with E-state index in [0.717, 1.165) is 43.9 Å². The maximum Gasteiger partial charge on any atom is 0.411 e. The van der Waals surface area contributed by atoms with Crippen molar-refractivity contribution >= 4 is 24.2 Å². The van der Waals surface area contributed by atoms with Gasteiger partial charge in [-0.3, -0.25) is 10.2 Å². The average molecular weight is 385 g/mol. The number of piperidine rings is 1. The fourth-order valence-electron chi connectivity index (χ4n) is 2.99. The van der Waals surface area contributed by atoms with Gasteiger partial charge < -0.3 is 9.47 Å². The van der Waals surface area contributed by atoms with Gasteiger partial charge in [0.1, 0.15) is 6.61 Å². The second-order valence-corrected chi connectivity index (χ2v) is 6.62. The molecule has 0 spiro atoms. The van der Waals surface area contributed by atoms with E-state index in [2.05, 4.69) is 17.1 Å². The molecule has 0 atom stereocenters. The molecule has 1 aliphatic rings. The summed E-state index contributed by atoms with van der Waals surface area (Å²) in [4.78, 5) is 14.3. The minimum atomic E-state index is -0.391. The van der Waals surface area contributed by atoms with Crippen LogP contribution in [-0.4, -0.2) is 43.8 Å². The summed E-state index contributed by atoms with van der Waals surface area (Å²) >= 11 is 0. The number of ether oxygens (including phenoxy) is 2. The normalized spacial score (nSPS) is 14.5. The lowest BCUT2D eigenvalue weighted by Crippen LogP contribution is -2.33. The number of hydrogen-bond acceptors (Lipinski definition) is 4. The van der Waals surface area contributed by atoms with Crippen molar-refractivity contribution in [3.8, 4) is 0 Å². The lowest BCUT2D eigenvalue weighted by atomic mass is 10.1. The molecule has 26 heavy (non-hydrogen) atoms. The lowest BCUT2D eigenvalue weighted by Gasteiger charge is -2.25. The van der Waals surface area contributed by atoms with Crippen LogP contribution in [0.4, 0.5) is 10.5 Å². The summed E-state index contributed by atoms with van der Waals surface area (Å²) in [6, 6.07) is 7.74. The van der Waals surface area contributed by atoms with Crippen molar-refractivity contribution in [2.24, 2.45) is 0 Å². The van der Waals surface area contributed by atoms with E-state index in [4.69, 9.17) is 9.47 Å². The minimum Gasteiger partial charge on any atom is -0.448 e. The Morgan fingerprint density at radius 1 is 1.15 bits per heavy atom. The number of nitrogens with one attached hydrogen (secondary N) is 1. The fraction of sp³-hybridized carbons (Fsp3) is 0.650. The molecule has 2 rings (SSSR count). The molecule has 0 radical (unpaired) electrons. The number of nitrogens with zero attached hydrogens (tertiary/aromatic N) is 1. The fourth-order valence-corrected chi connectivity index (χ4v) is 2.99. The number of halogens is 1. The molecular formula is C20H33ClN2O3. The van der Waals surface area contributed by atoms with E-state index in [0.29, 0.717) is 13.2 Å². The number of carbonyl (C=O) groups excluding carboxylic acids is 1. The van der Waals surface area contributed by atoms with Crippen molar-refractivity contribution in [2.75, 3.05) is 38.2 Å². The first-order valence-electron chi connectivity index (χ1n) is 9.60. The van der Waals surface area contributed by atoms with Crippen LogP contribution in [-0.2, 0) is 16.1 Å². The van der Waals surface area contributed by atoms with E-state index in [1.807, 2.05) is 24.3 Å². The molecule has 148 valence electrons. The molecule has 1 aromatic rings. The number of anilines is 1. The van der Waals surface area contributed by atoms with Gasteiger partial charge in [-0.25, -0.2) is 4.79 Å². The number of amides is 1. The number of likely N-dealkylation sites (tertiary alicyclic amines) is 1. The molecule has 0 aliphatic carbocycles. The van der Waals surface area contributed by atoms with E-state index >= 15 is 0 Å². The largest absolute Gasteiger partial charge is 0.448 e. The zero-order valence-corrected chi connectivity index (χ0v) is 16.7. The molecule has 1 saturated heterocycles. The van der Waals surface area contributed by atoms with Gasteiger partial charge in [-0.1, -0.05) is 38.3 Å². The van der Waals surface area contributed by atoms with Crippen molar-refractivity contribution in [2.45, 2.75) is 52.1 Å². The zero-order valence-electron chi connectivity index (χ0n) is 15.9. The van der Waals surface area contributed by atoms with Crippen molar-refractivity contribution in [1.29, 1.82) is 0 Å². The van der Waals surface area contributed by atoms with E-state index in [-0.39, 0.29) is 12.4 Å². The third-order valence-electron chi connectivity index (χ3n) is 4.42. The second-order valence-electron chi connectivity index (χ2n) is 6.62. The monoisotopic (exact) mass is 384 g/mol. The van der Waals surface area contributed by atoms with Gasteiger partial charge in [-0.15, -0.1) is 12.4 Å². The topological polar surface area (TPSA) is 50.8 Å². The zero-order chi connectivity index (χ0) is 17.7. The van der Waals surface area contributed by atoms with Crippen molar-refractivity contribution in [3.05, 3.63) is 29.8 Å². The van der Waals surface area contributed by atoms with Gasteiger partial charge in [0.25, 0.3) is 0 Å². The predicted octanol–water partition coefficient (Wildman–Crippen LogP) is 4.85. The van der Waals surface area contributed by atoms with Crippen LogP contribution >= 0.6 is 12.4 Å². The second kappa shape index (κ2) is 13.8. The summed E-state index contributed by atoms with van der Waals surface area (Å²) in [6.45, 7) is 7.02. The molecule has 1 aromatic carbocycles. The van der Waals surface area contributed by atoms with Crippen LogP contribution < -0.4 is 5.32 Å². The number of unbranched alkanes of at least 4 members (excludes halogenated alkanes) is 2. The van der Waals surface area contributed by atoms with Gasteiger partial charge in [0.15, 0.2) is 0 Å². The van der Waals surface area contributed by atoms with E-state index in [9.17, 15) is 4.79 Å². The molecule has 1 amide bonds. The molecule has 5 nitrogen and oxygen atoms in total. The Morgan fingerprint density at radius 3 is 2.73 bits per heavy atom.